The minimum absolute atomic E-state index is 0.208. The van der Waals surface area contributed by atoms with E-state index in [0.29, 0.717) is 17.9 Å². The summed E-state index contributed by atoms with van der Waals surface area (Å²) < 4.78 is 14.7. The SMILES string of the molecule is Cc1ccc(O)cc1-c1ccc2nc(NC(=O)C3CC3F)cn2c1. The van der Waals surface area contributed by atoms with Crippen LogP contribution in [-0.4, -0.2) is 26.6 Å². The van der Waals surface area contributed by atoms with E-state index < -0.39 is 12.1 Å². The first-order chi connectivity index (χ1) is 11.5. The van der Waals surface area contributed by atoms with E-state index in [9.17, 15) is 14.3 Å². The number of hydrogen-bond acceptors (Lipinski definition) is 3. The number of nitrogens with zero attached hydrogens (tertiary/aromatic N) is 2. The smallest absolute Gasteiger partial charge is 0.231 e. The molecule has 0 bridgehead atoms. The molecule has 0 saturated heterocycles. The number of halogens is 1. The zero-order valence-electron chi connectivity index (χ0n) is 13.0. The summed E-state index contributed by atoms with van der Waals surface area (Å²) in [6.07, 6.45) is 2.85. The molecule has 24 heavy (non-hydrogen) atoms. The molecule has 2 atom stereocenters. The van der Waals surface area contributed by atoms with Crippen LogP contribution in [0.5, 0.6) is 5.75 Å². The predicted molar refractivity (Wildman–Crippen MR) is 88.7 cm³/mol. The second-order valence-electron chi connectivity index (χ2n) is 6.16. The van der Waals surface area contributed by atoms with Crippen LogP contribution in [0.3, 0.4) is 0 Å². The summed E-state index contributed by atoms with van der Waals surface area (Å²) in [5, 5.41) is 12.3. The Labute approximate surface area is 137 Å². The Balaban J connectivity index is 1.66. The number of carbonyl (C=O) groups is 1. The third-order valence-corrected chi connectivity index (χ3v) is 4.28. The number of hydrogen-bond donors (Lipinski definition) is 2. The molecule has 2 N–H and O–H groups in total. The molecule has 0 aliphatic heterocycles. The number of pyridine rings is 1. The fourth-order valence-electron chi connectivity index (χ4n) is 2.79. The van der Waals surface area contributed by atoms with Crippen LogP contribution in [-0.2, 0) is 4.79 Å². The van der Waals surface area contributed by atoms with Crippen LogP contribution in [0, 0.1) is 12.8 Å². The molecule has 1 aliphatic rings. The van der Waals surface area contributed by atoms with Crippen molar-refractivity contribution in [3.05, 3.63) is 48.3 Å². The van der Waals surface area contributed by atoms with Crippen LogP contribution in [0.1, 0.15) is 12.0 Å². The van der Waals surface area contributed by atoms with Gasteiger partial charge < -0.3 is 14.8 Å². The van der Waals surface area contributed by atoms with Crippen molar-refractivity contribution in [2.45, 2.75) is 19.5 Å². The van der Waals surface area contributed by atoms with E-state index in [4.69, 9.17) is 0 Å². The van der Waals surface area contributed by atoms with Crippen LogP contribution in [0.4, 0.5) is 10.2 Å². The Bertz CT molecular complexity index is 951. The maximum Gasteiger partial charge on any atom is 0.231 e. The molecule has 3 aromatic rings. The first-order valence-electron chi connectivity index (χ1n) is 7.75. The lowest BCUT2D eigenvalue weighted by Gasteiger charge is -2.07. The minimum atomic E-state index is -1.03. The average molecular weight is 325 g/mol. The summed E-state index contributed by atoms with van der Waals surface area (Å²) in [6, 6.07) is 8.97. The number of nitrogens with one attached hydrogen (secondary N) is 1. The van der Waals surface area contributed by atoms with Crippen LogP contribution < -0.4 is 5.32 Å². The number of imidazole rings is 1. The van der Waals surface area contributed by atoms with E-state index in [-0.39, 0.29) is 11.7 Å². The number of alkyl halides is 1. The highest BCUT2D eigenvalue weighted by Gasteiger charge is 2.43. The molecule has 2 aromatic heterocycles. The molecule has 1 fully saturated rings. The standard InChI is InChI=1S/C18H16FN3O2/c1-10-2-4-12(23)6-13(10)11-3-5-17-20-16(9-22(17)8-11)21-18(24)14-7-15(14)19/h2-6,8-9,14-15,23H,7H2,1H3,(H,21,24). The van der Waals surface area contributed by atoms with Gasteiger partial charge in [0.25, 0.3) is 0 Å². The van der Waals surface area contributed by atoms with Crippen LogP contribution in [0.25, 0.3) is 16.8 Å². The Morgan fingerprint density at radius 1 is 1.33 bits per heavy atom. The fraction of sp³-hybridized carbons (Fsp3) is 0.222. The molecule has 2 unspecified atom stereocenters. The van der Waals surface area contributed by atoms with Crippen molar-refractivity contribution < 1.29 is 14.3 Å². The van der Waals surface area contributed by atoms with Gasteiger partial charge in [-0.15, -0.1) is 0 Å². The summed E-state index contributed by atoms with van der Waals surface area (Å²) in [5.41, 5.74) is 3.58. The number of amides is 1. The van der Waals surface area contributed by atoms with Crippen LogP contribution in [0.2, 0.25) is 0 Å². The molecule has 1 amide bonds. The van der Waals surface area contributed by atoms with Gasteiger partial charge in [0.05, 0.1) is 12.1 Å². The third kappa shape index (κ3) is 2.60. The van der Waals surface area contributed by atoms with Gasteiger partial charge in [-0.2, -0.15) is 0 Å². The number of phenolic OH excluding ortho intramolecular Hbond substituents is 1. The molecule has 0 radical (unpaired) electrons. The second-order valence-corrected chi connectivity index (χ2v) is 6.16. The van der Waals surface area contributed by atoms with Gasteiger partial charge in [0.15, 0.2) is 5.82 Å². The number of anilines is 1. The number of carbonyl (C=O) groups excluding carboxylic acids is 1. The molecule has 122 valence electrons. The van der Waals surface area contributed by atoms with Gasteiger partial charge in [0, 0.05) is 6.20 Å². The molecule has 1 aromatic carbocycles. The van der Waals surface area contributed by atoms with Crippen molar-refractivity contribution in [3.63, 3.8) is 0 Å². The third-order valence-electron chi connectivity index (χ3n) is 4.28. The van der Waals surface area contributed by atoms with Gasteiger partial charge in [-0.05, 0) is 54.3 Å². The summed E-state index contributed by atoms with van der Waals surface area (Å²) in [6.45, 7) is 1.97. The molecule has 2 heterocycles. The molecule has 1 aliphatic carbocycles. The monoisotopic (exact) mass is 325 g/mol. The Kier molecular flexibility index (Phi) is 3.26. The molecular weight excluding hydrogens is 309 g/mol. The highest BCUT2D eigenvalue weighted by Crippen LogP contribution is 2.34. The van der Waals surface area contributed by atoms with E-state index >= 15 is 0 Å². The van der Waals surface area contributed by atoms with Gasteiger partial charge >= 0.3 is 0 Å². The van der Waals surface area contributed by atoms with Gasteiger partial charge in [0.1, 0.15) is 17.6 Å². The Morgan fingerprint density at radius 2 is 2.12 bits per heavy atom. The zero-order chi connectivity index (χ0) is 16.8. The summed E-state index contributed by atoms with van der Waals surface area (Å²) in [7, 11) is 0. The molecule has 5 nitrogen and oxygen atoms in total. The topological polar surface area (TPSA) is 66.6 Å². The number of fused-ring (bicyclic) bond motifs is 1. The van der Waals surface area contributed by atoms with Crippen LogP contribution in [0.15, 0.2) is 42.7 Å². The van der Waals surface area contributed by atoms with E-state index in [1.807, 2.05) is 31.3 Å². The van der Waals surface area contributed by atoms with E-state index in [0.717, 1.165) is 16.7 Å². The maximum absolute atomic E-state index is 12.9. The highest BCUT2D eigenvalue weighted by atomic mass is 19.1. The lowest BCUT2D eigenvalue weighted by molar-refractivity contribution is -0.117. The van der Waals surface area contributed by atoms with Crippen molar-refractivity contribution >= 4 is 17.4 Å². The molecular formula is C18H16FN3O2. The number of phenols is 1. The van der Waals surface area contributed by atoms with Gasteiger partial charge in [0.2, 0.25) is 5.91 Å². The molecule has 6 heteroatoms. The average Bonchev–Trinajstić information content (AvgIpc) is 3.15. The van der Waals surface area contributed by atoms with Crippen LogP contribution >= 0.6 is 0 Å². The zero-order valence-corrected chi connectivity index (χ0v) is 13.0. The van der Waals surface area contributed by atoms with E-state index in [1.165, 1.54) is 0 Å². The lowest BCUT2D eigenvalue weighted by Crippen LogP contribution is -2.15. The van der Waals surface area contributed by atoms with E-state index in [1.54, 1.807) is 22.7 Å². The summed E-state index contributed by atoms with van der Waals surface area (Å²) in [4.78, 5) is 16.1. The van der Waals surface area contributed by atoms with Gasteiger partial charge in [-0.25, -0.2) is 9.37 Å². The van der Waals surface area contributed by atoms with Gasteiger partial charge in [-0.1, -0.05) is 6.07 Å². The quantitative estimate of drug-likeness (QED) is 0.776. The first-order valence-corrected chi connectivity index (χ1v) is 7.75. The number of aromatic nitrogens is 2. The Hall–Kier alpha value is -2.89. The minimum Gasteiger partial charge on any atom is -0.508 e. The number of benzene rings is 1. The normalized spacial score (nSPS) is 19.4. The Morgan fingerprint density at radius 3 is 2.88 bits per heavy atom. The van der Waals surface area contributed by atoms with Crippen molar-refractivity contribution in [2.24, 2.45) is 5.92 Å². The summed E-state index contributed by atoms with van der Waals surface area (Å²) in [5.74, 6) is -0.251. The predicted octanol–water partition coefficient (Wildman–Crippen LogP) is 3.31. The number of aromatic hydroxyl groups is 1. The van der Waals surface area contributed by atoms with Crippen molar-refractivity contribution in [1.82, 2.24) is 9.38 Å². The molecule has 0 spiro atoms. The van der Waals surface area contributed by atoms with Gasteiger partial charge in [-0.3, -0.25) is 4.79 Å². The van der Waals surface area contributed by atoms with E-state index in [2.05, 4.69) is 10.3 Å². The second kappa shape index (κ2) is 5.33. The van der Waals surface area contributed by atoms with Crippen molar-refractivity contribution in [3.8, 4) is 16.9 Å². The summed E-state index contributed by atoms with van der Waals surface area (Å²) >= 11 is 0. The lowest BCUT2D eigenvalue weighted by atomic mass is 10.0. The number of aryl methyl sites for hydroxylation is 1. The fourth-order valence-corrected chi connectivity index (χ4v) is 2.79. The number of rotatable bonds is 3. The largest absolute Gasteiger partial charge is 0.508 e. The molecule has 1 saturated carbocycles. The highest BCUT2D eigenvalue weighted by molar-refractivity contribution is 5.94. The maximum atomic E-state index is 12.9. The van der Waals surface area contributed by atoms with Crippen molar-refractivity contribution in [2.75, 3.05) is 5.32 Å². The first kappa shape index (κ1) is 14.7. The molecule has 4 rings (SSSR count). The van der Waals surface area contributed by atoms with Crippen molar-refractivity contribution in [1.29, 1.82) is 0 Å².